The molecule has 98 valence electrons. The summed E-state index contributed by atoms with van der Waals surface area (Å²) in [5, 5.41) is 0. The number of ether oxygens (including phenoxy) is 1. The van der Waals surface area contributed by atoms with Crippen molar-refractivity contribution in [3.63, 3.8) is 0 Å². The first-order valence-corrected chi connectivity index (χ1v) is 6.25. The van der Waals surface area contributed by atoms with E-state index in [1.807, 2.05) is 6.07 Å². The molecule has 1 aliphatic heterocycles. The first-order valence-electron chi connectivity index (χ1n) is 6.25. The van der Waals surface area contributed by atoms with Gasteiger partial charge in [0, 0.05) is 25.0 Å². The van der Waals surface area contributed by atoms with Gasteiger partial charge in [0.15, 0.2) is 0 Å². The van der Waals surface area contributed by atoms with Crippen LogP contribution in [-0.2, 0) is 4.74 Å². The molecule has 0 spiro atoms. The Hall–Kier alpha value is -1.55. The van der Waals surface area contributed by atoms with Gasteiger partial charge in [-0.1, -0.05) is 29.8 Å². The zero-order valence-corrected chi connectivity index (χ0v) is 10.9. The van der Waals surface area contributed by atoms with Crippen LogP contribution in [0.4, 0.5) is 4.79 Å². The molecule has 2 atom stereocenters. The maximum atomic E-state index is 11.6. The number of aryl methyl sites for hydroxylation is 1. The summed E-state index contributed by atoms with van der Waals surface area (Å²) in [5.41, 5.74) is 8.52. The molecule has 1 aromatic carbocycles. The fourth-order valence-corrected chi connectivity index (χ4v) is 2.58. The molecule has 1 aliphatic rings. The van der Waals surface area contributed by atoms with Gasteiger partial charge in [0.2, 0.25) is 0 Å². The number of carbonyl (C=O) groups is 1. The number of amides is 1. The summed E-state index contributed by atoms with van der Waals surface area (Å²) in [7, 11) is 1.41. The Morgan fingerprint density at radius 2 is 2.22 bits per heavy atom. The van der Waals surface area contributed by atoms with Crippen LogP contribution >= 0.6 is 0 Å². The highest BCUT2D eigenvalue weighted by atomic mass is 16.5. The van der Waals surface area contributed by atoms with Crippen LogP contribution in [0.3, 0.4) is 0 Å². The molecule has 4 heteroatoms. The number of methoxy groups -OCH3 is 1. The fraction of sp³-hybridized carbons (Fsp3) is 0.500. The second-order valence-corrected chi connectivity index (χ2v) is 4.98. The number of nitrogens with two attached hydrogens (primary N) is 1. The topological polar surface area (TPSA) is 55.6 Å². The average molecular weight is 248 g/mol. The highest BCUT2D eigenvalue weighted by molar-refractivity contribution is 5.67. The maximum Gasteiger partial charge on any atom is 0.409 e. The van der Waals surface area contributed by atoms with Crippen molar-refractivity contribution in [2.75, 3.05) is 20.2 Å². The minimum Gasteiger partial charge on any atom is -0.453 e. The Labute approximate surface area is 108 Å². The molecule has 0 bridgehead atoms. The van der Waals surface area contributed by atoms with Gasteiger partial charge >= 0.3 is 6.09 Å². The highest BCUT2D eigenvalue weighted by Gasteiger charge is 2.29. The number of benzene rings is 1. The molecule has 2 N–H and O–H groups in total. The minimum absolute atomic E-state index is 0.0170. The van der Waals surface area contributed by atoms with Gasteiger partial charge in [0.25, 0.3) is 0 Å². The van der Waals surface area contributed by atoms with Crippen molar-refractivity contribution in [3.05, 3.63) is 35.4 Å². The third-order valence-corrected chi connectivity index (χ3v) is 3.43. The van der Waals surface area contributed by atoms with Crippen LogP contribution in [0.1, 0.15) is 23.5 Å². The SMILES string of the molecule is COC(=O)N1CC(N)CC(c2cccc(C)c2)C1. The summed E-state index contributed by atoms with van der Waals surface area (Å²) in [4.78, 5) is 13.3. The largest absolute Gasteiger partial charge is 0.453 e. The summed E-state index contributed by atoms with van der Waals surface area (Å²) < 4.78 is 4.78. The Morgan fingerprint density at radius 1 is 1.44 bits per heavy atom. The number of piperidine rings is 1. The Balaban J connectivity index is 2.15. The molecule has 0 radical (unpaired) electrons. The first kappa shape index (κ1) is 12.9. The molecule has 1 amide bonds. The Kier molecular flexibility index (Phi) is 3.87. The van der Waals surface area contributed by atoms with E-state index in [9.17, 15) is 4.79 Å². The minimum atomic E-state index is -0.289. The molecule has 0 aliphatic carbocycles. The lowest BCUT2D eigenvalue weighted by Gasteiger charge is -2.35. The maximum absolute atomic E-state index is 11.6. The van der Waals surface area contributed by atoms with E-state index in [4.69, 9.17) is 10.5 Å². The molecule has 1 heterocycles. The second-order valence-electron chi connectivity index (χ2n) is 4.98. The molecule has 0 aromatic heterocycles. The molecule has 4 nitrogen and oxygen atoms in total. The number of rotatable bonds is 1. The molecule has 2 unspecified atom stereocenters. The quantitative estimate of drug-likeness (QED) is 0.825. The van der Waals surface area contributed by atoms with E-state index in [1.54, 1.807) is 4.90 Å². The Morgan fingerprint density at radius 3 is 2.89 bits per heavy atom. The summed E-state index contributed by atoms with van der Waals surface area (Å²) in [5.74, 6) is 0.299. The van der Waals surface area contributed by atoms with E-state index in [0.717, 1.165) is 6.42 Å². The fourth-order valence-electron chi connectivity index (χ4n) is 2.58. The lowest BCUT2D eigenvalue weighted by molar-refractivity contribution is 0.106. The van der Waals surface area contributed by atoms with Gasteiger partial charge in [-0.15, -0.1) is 0 Å². The summed E-state index contributed by atoms with van der Waals surface area (Å²) in [6, 6.07) is 8.41. The lowest BCUT2D eigenvalue weighted by Crippen LogP contribution is -2.48. The smallest absolute Gasteiger partial charge is 0.409 e. The van der Waals surface area contributed by atoms with Crippen LogP contribution in [0.2, 0.25) is 0 Å². The molecular weight excluding hydrogens is 228 g/mol. The van der Waals surface area contributed by atoms with Crippen LogP contribution in [0, 0.1) is 6.92 Å². The van der Waals surface area contributed by atoms with Gasteiger partial charge < -0.3 is 15.4 Å². The predicted octanol–water partition coefficient (Wildman–Crippen LogP) is 1.88. The van der Waals surface area contributed by atoms with Crippen molar-refractivity contribution in [2.45, 2.75) is 25.3 Å². The van der Waals surface area contributed by atoms with Crippen molar-refractivity contribution in [3.8, 4) is 0 Å². The van der Waals surface area contributed by atoms with Crippen LogP contribution in [0.25, 0.3) is 0 Å². The second kappa shape index (κ2) is 5.40. The van der Waals surface area contributed by atoms with Crippen molar-refractivity contribution < 1.29 is 9.53 Å². The van der Waals surface area contributed by atoms with E-state index >= 15 is 0 Å². The van der Waals surface area contributed by atoms with E-state index in [-0.39, 0.29) is 12.1 Å². The van der Waals surface area contributed by atoms with Crippen LogP contribution in [0.15, 0.2) is 24.3 Å². The van der Waals surface area contributed by atoms with Crippen LogP contribution in [-0.4, -0.2) is 37.2 Å². The number of hydrogen-bond acceptors (Lipinski definition) is 3. The highest BCUT2D eigenvalue weighted by Crippen LogP contribution is 2.27. The third kappa shape index (κ3) is 2.82. The van der Waals surface area contributed by atoms with Gasteiger partial charge in [0.05, 0.1) is 7.11 Å². The molecule has 0 saturated carbocycles. The standard InChI is InChI=1S/C14H20N2O2/c1-10-4-3-5-11(6-10)12-7-13(15)9-16(8-12)14(17)18-2/h3-6,12-13H,7-9,15H2,1-2H3. The number of nitrogens with zero attached hydrogens (tertiary/aromatic N) is 1. The summed E-state index contributed by atoms with van der Waals surface area (Å²) in [6.07, 6.45) is 0.625. The van der Waals surface area contributed by atoms with Crippen LogP contribution < -0.4 is 5.73 Å². The van der Waals surface area contributed by atoms with Crippen LogP contribution in [0.5, 0.6) is 0 Å². The van der Waals surface area contributed by atoms with Gasteiger partial charge in [-0.3, -0.25) is 0 Å². The zero-order valence-electron chi connectivity index (χ0n) is 10.9. The average Bonchev–Trinajstić information content (AvgIpc) is 2.37. The third-order valence-electron chi connectivity index (χ3n) is 3.43. The van der Waals surface area contributed by atoms with E-state index < -0.39 is 0 Å². The van der Waals surface area contributed by atoms with Gasteiger partial charge in [-0.2, -0.15) is 0 Å². The predicted molar refractivity (Wildman–Crippen MR) is 70.5 cm³/mol. The summed E-state index contributed by atoms with van der Waals surface area (Å²) >= 11 is 0. The molecule has 1 aromatic rings. The molecule has 18 heavy (non-hydrogen) atoms. The number of carbonyl (C=O) groups excluding carboxylic acids is 1. The summed E-state index contributed by atoms with van der Waals surface area (Å²) in [6.45, 7) is 3.34. The van der Waals surface area contributed by atoms with Gasteiger partial charge in [0.1, 0.15) is 0 Å². The monoisotopic (exact) mass is 248 g/mol. The number of likely N-dealkylation sites (tertiary alicyclic amines) is 1. The van der Waals surface area contributed by atoms with E-state index in [1.165, 1.54) is 18.2 Å². The first-order chi connectivity index (χ1) is 8.60. The molecule has 2 rings (SSSR count). The Bertz CT molecular complexity index is 434. The van der Waals surface area contributed by atoms with Gasteiger partial charge in [-0.25, -0.2) is 4.79 Å². The van der Waals surface area contributed by atoms with Crippen molar-refractivity contribution in [1.82, 2.24) is 4.90 Å². The normalized spacial score (nSPS) is 23.8. The van der Waals surface area contributed by atoms with Crippen molar-refractivity contribution in [2.24, 2.45) is 5.73 Å². The molecular formula is C14H20N2O2. The van der Waals surface area contributed by atoms with Crippen molar-refractivity contribution in [1.29, 1.82) is 0 Å². The molecule has 1 saturated heterocycles. The number of hydrogen-bond donors (Lipinski definition) is 1. The van der Waals surface area contributed by atoms with Gasteiger partial charge in [-0.05, 0) is 18.9 Å². The lowest BCUT2D eigenvalue weighted by atomic mass is 9.88. The zero-order chi connectivity index (χ0) is 13.1. The van der Waals surface area contributed by atoms with E-state index in [0.29, 0.717) is 19.0 Å². The molecule has 1 fully saturated rings. The van der Waals surface area contributed by atoms with Crippen molar-refractivity contribution >= 4 is 6.09 Å². The van der Waals surface area contributed by atoms with E-state index in [2.05, 4.69) is 25.1 Å².